The number of nitrogens with zero attached hydrogens (tertiary/aromatic N) is 4. The molecular weight excluding hydrogens is 399 g/mol. The molecule has 1 rings (SSSR count). The molecule has 0 aliphatic heterocycles. The summed E-state index contributed by atoms with van der Waals surface area (Å²) in [5, 5.41) is 10.0. The number of carbonyl (C=O) groups is 1. The Morgan fingerprint density at radius 3 is 2.55 bits per heavy atom. The lowest BCUT2D eigenvalue weighted by Gasteiger charge is -2.20. The summed E-state index contributed by atoms with van der Waals surface area (Å²) in [6, 6.07) is 5.30. The monoisotopic (exact) mass is 412 g/mol. The van der Waals surface area contributed by atoms with Crippen molar-refractivity contribution in [2.45, 2.75) is 4.90 Å². The molecule has 0 unspecified atom stereocenters. The van der Waals surface area contributed by atoms with Gasteiger partial charge in [0.25, 0.3) is 16.0 Å². The average molecular weight is 412 g/mol. The Kier molecular flexibility index (Phi) is 5.98. The van der Waals surface area contributed by atoms with Crippen molar-refractivity contribution in [1.82, 2.24) is 10.1 Å². The maximum absolute atomic E-state index is 11.6. The number of hydrazine groups is 1. The number of hydrogen-bond donors (Lipinski definition) is 1. The Bertz CT molecular complexity index is 617. The summed E-state index contributed by atoms with van der Waals surface area (Å²) in [4.78, 5) is 11.3. The van der Waals surface area contributed by atoms with Gasteiger partial charge in [0, 0.05) is 14.1 Å². The smallest absolute Gasteiger partial charge is 0.282 e. The van der Waals surface area contributed by atoms with Gasteiger partial charge in [-0.2, -0.15) is 8.42 Å². The Hall–Kier alpha value is -1.11. The van der Waals surface area contributed by atoms with Gasteiger partial charge < -0.3 is 0 Å². The first-order valence-electron chi connectivity index (χ1n) is 5.31. The molecule has 0 spiro atoms. The van der Waals surface area contributed by atoms with Gasteiger partial charge in [0.1, 0.15) is 0 Å². The second-order valence-electron chi connectivity index (χ2n) is 3.83. The zero-order valence-electron chi connectivity index (χ0n) is 10.8. The van der Waals surface area contributed by atoms with Gasteiger partial charge in [0.15, 0.2) is 0 Å². The summed E-state index contributed by atoms with van der Waals surface area (Å²) in [5.41, 5.74) is 0.202. The van der Waals surface area contributed by atoms with E-state index in [1.54, 1.807) is 14.1 Å². The Balaban J connectivity index is 3.03. The van der Waals surface area contributed by atoms with Crippen molar-refractivity contribution < 1.29 is 17.8 Å². The first kappa shape index (κ1) is 16.9. The van der Waals surface area contributed by atoms with Crippen LogP contribution in [0.1, 0.15) is 0 Å². The summed E-state index contributed by atoms with van der Waals surface area (Å²) in [5.74, 6) is -0.273. The van der Waals surface area contributed by atoms with Gasteiger partial charge in [0.2, 0.25) is 0 Å². The molecule has 0 aromatic heterocycles. The standard InChI is InChI=1S/C10H13IN4O4S/c1-14(2)15(10(16)7-11)13-12-8-4-3-5-9(6-8)20(17,18)19/h3-6H,7H2,1-2H3,(H,17,18,19). The van der Waals surface area contributed by atoms with Gasteiger partial charge in [-0.1, -0.05) is 28.7 Å². The van der Waals surface area contributed by atoms with Crippen molar-refractivity contribution in [2.75, 3.05) is 18.5 Å². The molecule has 10 heteroatoms. The minimum absolute atomic E-state index is 0.202. The van der Waals surface area contributed by atoms with E-state index in [1.807, 2.05) is 22.6 Å². The van der Waals surface area contributed by atoms with E-state index in [1.165, 1.54) is 23.2 Å². The molecule has 0 aliphatic carbocycles. The van der Waals surface area contributed by atoms with Crippen LogP contribution in [0.25, 0.3) is 0 Å². The highest BCUT2D eigenvalue weighted by Crippen LogP contribution is 2.18. The topological polar surface area (TPSA) is 103 Å². The van der Waals surface area contributed by atoms with Crippen molar-refractivity contribution >= 4 is 44.3 Å². The second-order valence-corrected chi connectivity index (χ2v) is 6.01. The fourth-order valence-corrected chi connectivity index (χ4v) is 2.03. The molecule has 0 heterocycles. The predicted octanol–water partition coefficient (Wildman–Crippen LogP) is 1.67. The highest BCUT2D eigenvalue weighted by atomic mass is 127. The summed E-state index contributed by atoms with van der Waals surface area (Å²) >= 11 is 1.90. The Morgan fingerprint density at radius 1 is 1.40 bits per heavy atom. The van der Waals surface area contributed by atoms with E-state index >= 15 is 0 Å². The van der Waals surface area contributed by atoms with Gasteiger partial charge in [-0.3, -0.25) is 9.35 Å². The molecule has 0 saturated carbocycles. The number of rotatable bonds is 5. The van der Waals surface area contributed by atoms with E-state index in [0.29, 0.717) is 0 Å². The summed E-state index contributed by atoms with van der Waals surface area (Å²) in [6.45, 7) is 0. The molecule has 0 radical (unpaired) electrons. The lowest BCUT2D eigenvalue weighted by molar-refractivity contribution is -0.142. The van der Waals surface area contributed by atoms with Gasteiger partial charge in [0.05, 0.1) is 15.0 Å². The van der Waals surface area contributed by atoms with E-state index in [9.17, 15) is 13.2 Å². The SMILES string of the molecule is CN(C)N(N=Nc1cccc(S(=O)(=O)O)c1)C(=O)CI. The zero-order valence-corrected chi connectivity index (χ0v) is 13.7. The molecular formula is C10H13IN4O4S. The van der Waals surface area contributed by atoms with Crippen LogP contribution in [0.5, 0.6) is 0 Å². The fourth-order valence-electron chi connectivity index (χ4n) is 1.21. The Morgan fingerprint density at radius 2 is 2.05 bits per heavy atom. The first-order chi connectivity index (χ1) is 9.25. The number of alkyl halides is 1. The maximum Gasteiger partial charge on any atom is 0.294 e. The van der Waals surface area contributed by atoms with Crippen molar-refractivity contribution in [3.63, 3.8) is 0 Å². The Labute approximate surface area is 130 Å². The third kappa shape index (κ3) is 4.77. The van der Waals surface area contributed by atoms with Crippen LogP contribution in [0.3, 0.4) is 0 Å². The number of hydrogen-bond acceptors (Lipinski definition) is 6. The first-order valence-corrected chi connectivity index (χ1v) is 8.27. The normalized spacial score (nSPS) is 12.1. The van der Waals surface area contributed by atoms with Crippen molar-refractivity contribution in [2.24, 2.45) is 10.3 Å². The highest BCUT2D eigenvalue weighted by molar-refractivity contribution is 14.1. The number of amides is 1. The molecule has 0 aliphatic rings. The van der Waals surface area contributed by atoms with Crippen LogP contribution in [0, 0.1) is 0 Å². The molecule has 1 aromatic rings. The van der Waals surface area contributed by atoms with Gasteiger partial charge in [-0.05, 0) is 23.4 Å². The van der Waals surface area contributed by atoms with E-state index < -0.39 is 10.1 Å². The third-order valence-electron chi connectivity index (χ3n) is 2.08. The molecule has 1 N–H and O–H groups in total. The molecule has 8 nitrogen and oxygen atoms in total. The largest absolute Gasteiger partial charge is 0.294 e. The van der Waals surface area contributed by atoms with E-state index in [2.05, 4.69) is 10.3 Å². The van der Waals surface area contributed by atoms with Crippen LogP contribution < -0.4 is 0 Å². The number of benzene rings is 1. The van der Waals surface area contributed by atoms with Gasteiger partial charge >= 0.3 is 0 Å². The zero-order chi connectivity index (χ0) is 15.3. The average Bonchev–Trinajstić information content (AvgIpc) is 2.37. The molecule has 20 heavy (non-hydrogen) atoms. The summed E-state index contributed by atoms with van der Waals surface area (Å²) < 4.78 is 31.1. The van der Waals surface area contributed by atoms with E-state index in [0.717, 1.165) is 11.2 Å². The van der Waals surface area contributed by atoms with Crippen LogP contribution in [0.15, 0.2) is 39.5 Å². The van der Waals surface area contributed by atoms with Crippen LogP contribution >= 0.6 is 22.6 Å². The summed E-state index contributed by atoms with van der Waals surface area (Å²) in [6.07, 6.45) is 0. The highest BCUT2D eigenvalue weighted by Gasteiger charge is 2.14. The van der Waals surface area contributed by atoms with E-state index in [4.69, 9.17) is 4.55 Å². The third-order valence-corrected chi connectivity index (χ3v) is 3.58. The molecule has 0 saturated heterocycles. The maximum atomic E-state index is 11.6. The number of halogens is 1. The predicted molar refractivity (Wildman–Crippen MR) is 80.2 cm³/mol. The van der Waals surface area contributed by atoms with Gasteiger partial charge in [-0.25, -0.2) is 5.01 Å². The molecule has 0 fully saturated rings. The van der Waals surface area contributed by atoms with E-state index in [-0.39, 0.29) is 20.9 Å². The molecule has 1 aromatic carbocycles. The van der Waals surface area contributed by atoms with Crippen LogP contribution in [-0.2, 0) is 14.9 Å². The lowest BCUT2D eigenvalue weighted by Crippen LogP contribution is -2.38. The van der Waals surface area contributed by atoms with Crippen LogP contribution in [0.2, 0.25) is 0 Å². The van der Waals surface area contributed by atoms with Crippen molar-refractivity contribution in [1.29, 1.82) is 0 Å². The quantitative estimate of drug-likeness (QED) is 0.261. The van der Waals surface area contributed by atoms with Crippen molar-refractivity contribution in [3.05, 3.63) is 24.3 Å². The molecule has 1 amide bonds. The van der Waals surface area contributed by atoms with Crippen LogP contribution in [-0.4, -0.2) is 47.5 Å². The number of carbonyl (C=O) groups excluding carboxylic acids is 1. The minimum atomic E-state index is -4.30. The fraction of sp³-hybridized carbons (Fsp3) is 0.300. The second kappa shape index (κ2) is 7.06. The lowest BCUT2D eigenvalue weighted by atomic mass is 10.3. The van der Waals surface area contributed by atoms with Crippen molar-refractivity contribution in [3.8, 4) is 0 Å². The minimum Gasteiger partial charge on any atom is -0.282 e. The summed E-state index contributed by atoms with van der Waals surface area (Å²) in [7, 11) is -1.05. The molecule has 110 valence electrons. The molecule has 0 atom stereocenters. The van der Waals surface area contributed by atoms with Crippen LogP contribution in [0.4, 0.5) is 5.69 Å². The van der Waals surface area contributed by atoms with Gasteiger partial charge in [-0.15, -0.1) is 10.2 Å². The molecule has 0 bridgehead atoms.